The molecular weight excluding hydrogens is 256 g/mol. The number of carbonyl (C=O) groups is 1. The Balaban J connectivity index is 2.99. The number of nitrogens with zero attached hydrogens (tertiary/aromatic N) is 4. The minimum Gasteiger partial charge on any atom is -0.323 e. The summed E-state index contributed by atoms with van der Waals surface area (Å²) in [5.41, 5.74) is 0. The van der Waals surface area contributed by atoms with Crippen LogP contribution in [0.1, 0.15) is 13.8 Å². The first kappa shape index (κ1) is 12.9. The van der Waals surface area contributed by atoms with Crippen LogP contribution in [-0.4, -0.2) is 47.2 Å². The first-order chi connectivity index (χ1) is 7.40. The second-order valence-electron chi connectivity index (χ2n) is 2.86. The molecule has 1 rings (SSSR count). The van der Waals surface area contributed by atoms with Gasteiger partial charge in [0, 0.05) is 23.8 Å². The van der Waals surface area contributed by atoms with Gasteiger partial charge in [0.05, 0.1) is 0 Å². The van der Waals surface area contributed by atoms with Crippen molar-refractivity contribution in [2.45, 2.75) is 19.0 Å². The van der Waals surface area contributed by atoms with Crippen LogP contribution < -0.4 is 0 Å². The maximum atomic E-state index is 11.7. The molecule has 0 aliphatic rings. The largest absolute Gasteiger partial charge is 0.346 e. The van der Waals surface area contributed by atoms with Gasteiger partial charge in [-0.1, -0.05) is 0 Å². The van der Waals surface area contributed by atoms with Gasteiger partial charge in [0.1, 0.15) is 6.33 Å². The first-order valence-electron chi connectivity index (χ1n) is 4.55. The molecule has 0 saturated heterocycles. The third kappa shape index (κ3) is 2.70. The van der Waals surface area contributed by atoms with Gasteiger partial charge in [-0.05, 0) is 13.8 Å². The second-order valence-corrected chi connectivity index (χ2v) is 5.32. The zero-order valence-corrected chi connectivity index (χ0v) is 10.4. The molecular formula is C7H11ClN4O3S. The Bertz CT molecular complexity index is 480. The van der Waals surface area contributed by atoms with Crippen LogP contribution in [0.5, 0.6) is 0 Å². The summed E-state index contributed by atoms with van der Waals surface area (Å²) in [4.78, 5) is 16.6. The molecule has 0 atom stereocenters. The van der Waals surface area contributed by atoms with E-state index >= 15 is 0 Å². The summed E-state index contributed by atoms with van der Waals surface area (Å²) in [6, 6.07) is -0.441. The van der Waals surface area contributed by atoms with Gasteiger partial charge in [-0.15, -0.1) is 5.10 Å². The Labute approximate surface area is 97.4 Å². The molecule has 9 heteroatoms. The fraction of sp³-hybridized carbons (Fsp3) is 0.571. The number of carbonyl (C=O) groups excluding carboxylic acids is 1. The van der Waals surface area contributed by atoms with Crippen molar-refractivity contribution < 1.29 is 13.2 Å². The molecule has 0 aromatic carbocycles. The van der Waals surface area contributed by atoms with Crippen molar-refractivity contribution in [2.75, 3.05) is 13.1 Å². The van der Waals surface area contributed by atoms with Crippen LogP contribution in [0.3, 0.4) is 0 Å². The van der Waals surface area contributed by atoms with E-state index in [2.05, 4.69) is 10.1 Å². The molecule has 1 aromatic rings. The van der Waals surface area contributed by atoms with E-state index in [4.69, 9.17) is 10.7 Å². The molecule has 0 spiro atoms. The molecule has 0 fully saturated rings. The Morgan fingerprint density at radius 1 is 1.50 bits per heavy atom. The monoisotopic (exact) mass is 266 g/mol. The average molecular weight is 267 g/mol. The minimum absolute atomic E-state index is 0.441. The average Bonchev–Trinajstić information content (AvgIpc) is 2.67. The lowest BCUT2D eigenvalue weighted by atomic mass is 10.5. The molecule has 0 N–H and O–H groups in total. The Hall–Kier alpha value is -1.15. The van der Waals surface area contributed by atoms with Gasteiger partial charge in [0.15, 0.2) is 0 Å². The van der Waals surface area contributed by atoms with Crippen molar-refractivity contribution in [2.24, 2.45) is 0 Å². The maximum absolute atomic E-state index is 11.7. The smallest absolute Gasteiger partial charge is 0.323 e. The Kier molecular flexibility index (Phi) is 3.87. The Morgan fingerprint density at radius 3 is 2.44 bits per heavy atom. The summed E-state index contributed by atoms with van der Waals surface area (Å²) >= 11 is 0. The van der Waals surface area contributed by atoms with Crippen molar-refractivity contribution in [3.63, 3.8) is 0 Å². The maximum Gasteiger partial charge on any atom is 0.346 e. The molecule has 90 valence electrons. The number of hydrogen-bond donors (Lipinski definition) is 0. The molecule has 0 unspecified atom stereocenters. The van der Waals surface area contributed by atoms with Crippen LogP contribution in [0.15, 0.2) is 11.5 Å². The highest BCUT2D eigenvalue weighted by Crippen LogP contribution is 2.08. The van der Waals surface area contributed by atoms with Crippen LogP contribution in [0.25, 0.3) is 0 Å². The van der Waals surface area contributed by atoms with Gasteiger partial charge in [0.2, 0.25) is 0 Å². The SMILES string of the molecule is CCN(CC)C(=O)n1cnc(S(=O)(=O)Cl)n1. The third-order valence-electron chi connectivity index (χ3n) is 1.92. The molecule has 0 aliphatic heterocycles. The van der Waals surface area contributed by atoms with Gasteiger partial charge < -0.3 is 4.90 Å². The van der Waals surface area contributed by atoms with E-state index in [-0.39, 0.29) is 0 Å². The van der Waals surface area contributed by atoms with Crippen molar-refractivity contribution in [1.82, 2.24) is 19.7 Å². The summed E-state index contributed by atoms with van der Waals surface area (Å²) in [6.07, 6.45) is 1.02. The number of halogens is 1. The van der Waals surface area contributed by atoms with E-state index in [0.717, 1.165) is 11.0 Å². The van der Waals surface area contributed by atoms with Crippen LogP contribution >= 0.6 is 10.7 Å². The minimum atomic E-state index is -4.00. The van der Waals surface area contributed by atoms with Gasteiger partial charge in [-0.25, -0.2) is 18.2 Å². The quantitative estimate of drug-likeness (QED) is 0.745. The zero-order valence-electron chi connectivity index (χ0n) is 8.79. The van der Waals surface area contributed by atoms with E-state index < -0.39 is 20.2 Å². The predicted molar refractivity (Wildman–Crippen MR) is 56.8 cm³/mol. The van der Waals surface area contributed by atoms with E-state index in [1.807, 2.05) is 0 Å². The van der Waals surface area contributed by atoms with Crippen LogP contribution in [-0.2, 0) is 9.05 Å². The number of hydrogen-bond acceptors (Lipinski definition) is 5. The highest BCUT2D eigenvalue weighted by Gasteiger charge is 2.20. The lowest BCUT2D eigenvalue weighted by Crippen LogP contribution is -2.34. The summed E-state index contributed by atoms with van der Waals surface area (Å²) in [5.74, 6) is 0. The van der Waals surface area contributed by atoms with E-state index in [1.165, 1.54) is 4.90 Å². The van der Waals surface area contributed by atoms with E-state index in [1.54, 1.807) is 13.8 Å². The van der Waals surface area contributed by atoms with Crippen molar-refractivity contribution >= 4 is 25.8 Å². The molecule has 0 bridgehead atoms. The Morgan fingerprint density at radius 2 is 2.06 bits per heavy atom. The normalized spacial score (nSPS) is 11.4. The molecule has 0 radical (unpaired) electrons. The second kappa shape index (κ2) is 4.79. The topological polar surface area (TPSA) is 85.2 Å². The van der Waals surface area contributed by atoms with E-state index in [0.29, 0.717) is 13.1 Å². The molecule has 16 heavy (non-hydrogen) atoms. The molecule has 7 nitrogen and oxygen atoms in total. The van der Waals surface area contributed by atoms with Crippen molar-refractivity contribution in [1.29, 1.82) is 0 Å². The standard InChI is InChI=1S/C7H11ClN4O3S/c1-3-11(4-2)7(13)12-5-9-6(10-12)16(8,14)15/h5H,3-4H2,1-2H3. The number of aromatic nitrogens is 3. The molecule has 0 aliphatic carbocycles. The van der Waals surface area contributed by atoms with Crippen molar-refractivity contribution in [3.05, 3.63) is 6.33 Å². The van der Waals surface area contributed by atoms with Gasteiger partial charge >= 0.3 is 6.03 Å². The highest BCUT2D eigenvalue weighted by atomic mass is 35.7. The number of rotatable bonds is 3. The molecule has 1 heterocycles. The lowest BCUT2D eigenvalue weighted by Gasteiger charge is -2.16. The summed E-state index contributed by atoms with van der Waals surface area (Å²) < 4.78 is 22.6. The van der Waals surface area contributed by atoms with Crippen LogP contribution in [0.4, 0.5) is 4.79 Å². The fourth-order valence-electron chi connectivity index (χ4n) is 1.09. The van der Waals surface area contributed by atoms with Gasteiger partial charge in [-0.3, -0.25) is 0 Å². The lowest BCUT2D eigenvalue weighted by molar-refractivity contribution is 0.201. The predicted octanol–water partition coefficient (Wildman–Crippen LogP) is 0.516. The summed E-state index contributed by atoms with van der Waals surface area (Å²) in [7, 11) is 1.04. The third-order valence-corrected chi connectivity index (χ3v) is 2.96. The van der Waals surface area contributed by atoms with Gasteiger partial charge in [-0.2, -0.15) is 4.68 Å². The van der Waals surface area contributed by atoms with Gasteiger partial charge in [0.25, 0.3) is 14.2 Å². The van der Waals surface area contributed by atoms with Crippen molar-refractivity contribution in [3.8, 4) is 0 Å². The zero-order chi connectivity index (χ0) is 12.3. The van der Waals surface area contributed by atoms with Crippen LogP contribution in [0.2, 0.25) is 0 Å². The molecule has 1 amide bonds. The number of amides is 1. The molecule has 0 saturated carbocycles. The van der Waals surface area contributed by atoms with E-state index in [9.17, 15) is 13.2 Å². The first-order valence-corrected chi connectivity index (χ1v) is 6.86. The highest BCUT2D eigenvalue weighted by molar-refractivity contribution is 8.13. The molecule has 1 aromatic heterocycles. The fourth-order valence-corrected chi connectivity index (χ4v) is 1.66. The summed E-state index contributed by atoms with van der Waals surface area (Å²) in [5, 5.41) is 2.92. The summed E-state index contributed by atoms with van der Waals surface area (Å²) in [6.45, 7) is 4.60. The van der Waals surface area contributed by atoms with Crippen LogP contribution in [0, 0.1) is 0 Å².